The Hall–Kier alpha value is -2.22. The van der Waals surface area contributed by atoms with Gasteiger partial charge in [0.15, 0.2) is 9.84 Å². The molecule has 0 radical (unpaired) electrons. The fourth-order valence-corrected chi connectivity index (χ4v) is 3.95. The number of aromatic nitrogens is 3. The van der Waals surface area contributed by atoms with Gasteiger partial charge in [0.05, 0.1) is 17.2 Å². The van der Waals surface area contributed by atoms with E-state index in [-0.39, 0.29) is 23.5 Å². The molecule has 0 bridgehead atoms. The molecule has 0 aliphatic carbocycles. The number of amides is 1. The van der Waals surface area contributed by atoms with Crippen LogP contribution < -0.4 is 5.32 Å². The zero-order valence-electron chi connectivity index (χ0n) is 11.1. The third-order valence-corrected chi connectivity index (χ3v) is 5.12. The average Bonchev–Trinajstić information content (AvgIpc) is 3.07. The van der Waals surface area contributed by atoms with Crippen LogP contribution in [0.1, 0.15) is 16.9 Å². The fraction of sp³-hybridized carbons (Fsp3) is 0.308. The van der Waals surface area contributed by atoms with Gasteiger partial charge in [0, 0.05) is 24.0 Å². The molecule has 8 heteroatoms. The van der Waals surface area contributed by atoms with Crippen molar-refractivity contribution < 1.29 is 13.2 Å². The molecule has 3 rings (SSSR count). The summed E-state index contributed by atoms with van der Waals surface area (Å²) in [6.07, 6.45) is 3.77. The summed E-state index contributed by atoms with van der Waals surface area (Å²) in [5.41, 5.74) is 1.72. The van der Waals surface area contributed by atoms with Crippen LogP contribution in [0.2, 0.25) is 0 Å². The Labute approximate surface area is 121 Å². The van der Waals surface area contributed by atoms with Crippen molar-refractivity contribution in [3.63, 3.8) is 0 Å². The topological polar surface area (TPSA) is 105 Å². The van der Waals surface area contributed by atoms with E-state index < -0.39 is 9.84 Å². The Morgan fingerprint density at radius 1 is 1.43 bits per heavy atom. The van der Waals surface area contributed by atoms with Crippen LogP contribution in [0.5, 0.6) is 0 Å². The predicted molar refractivity (Wildman–Crippen MR) is 76.3 cm³/mol. The summed E-state index contributed by atoms with van der Waals surface area (Å²) in [6, 6.07) is 4.92. The molecule has 1 fully saturated rings. The van der Waals surface area contributed by atoms with Crippen LogP contribution in [0.4, 0.5) is 0 Å². The van der Waals surface area contributed by atoms with E-state index in [0.29, 0.717) is 17.8 Å². The Bertz CT molecular complexity index is 755. The van der Waals surface area contributed by atoms with Gasteiger partial charge < -0.3 is 5.32 Å². The molecular weight excluding hydrogens is 292 g/mol. The summed E-state index contributed by atoms with van der Waals surface area (Å²) in [4.78, 5) is 16.1. The van der Waals surface area contributed by atoms with Crippen molar-refractivity contribution in [2.45, 2.75) is 12.5 Å². The zero-order valence-corrected chi connectivity index (χ0v) is 11.9. The normalized spacial score (nSPS) is 20.3. The van der Waals surface area contributed by atoms with Crippen LogP contribution in [0.3, 0.4) is 0 Å². The van der Waals surface area contributed by atoms with Gasteiger partial charge in [-0.25, -0.2) is 8.42 Å². The van der Waals surface area contributed by atoms with Crippen molar-refractivity contribution in [1.29, 1.82) is 0 Å². The molecule has 7 nitrogen and oxygen atoms in total. The van der Waals surface area contributed by atoms with Gasteiger partial charge in [-0.15, -0.1) is 0 Å². The lowest BCUT2D eigenvalue weighted by Crippen LogP contribution is -2.35. The van der Waals surface area contributed by atoms with Crippen molar-refractivity contribution in [3.8, 4) is 11.3 Å². The first-order valence-corrected chi connectivity index (χ1v) is 8.33. The molecule has 21 heavy (non-hydrogen) atoms. The maximum Gasteiger partial charge on any atom is 0.269 e. The lowest BCUT2D eigenvalue weighted by Gasteiger charge is -2.08. The molecule has 110 valence electrons. The standard InChI is InChI=1S/C13H14N4O3S/c18-13(15-10-3-5-21(19,20)8-10)12-6-11(16-17-12)9-2-1-4-14-7-9/h1-2,4,6-7,10H,3,5,8H2,(H,15,18)(H,16,17). The van der Waals surface area contributed by atoms with Gasteiger partial charge >= 0.3 is 0 Å². The number of hydrogen-bond acceptors (Lipinski definition) is 5. The second-order valence-corrected chi connectivity index (χ2v) is 7.21. The molecule has 1 amide bonds. The van der Waals surface area contributed by atoms with E-state index in [1.165, 1.54) is 0 Å². The van der Waals surface area contributed by atoms with E-state index >= 15 is 0 Å². The maximum atomic E-state index is 12.1. The second kappa shape index (κ2) is 5.28. The summed E-state index contributed by atoms with van der Waals surface area (Å²) in [5, 5.41) is 9.44. The first-order chi connectivity index (χ1) is 10.0. The minimum atomic E-state index is -3.01. The molecule has 1 saturated heterocycles. The largest absolute Gasteiger partial charge is 0.347 e. The Morgan fingerprint density at radius 3 is 2.95 bits per heavy atom. The number of carbonyl (C=O) groups excluding carboxylic acids is 1. The van der Waals surface area contributed by atoms with Crippen LogP contribution in [0.25, 0.3) is 11.3 Å². The third kappa shape index (κ3) is 3.10. The van der Waals surface area contributed by atoms with Crippen molar-refractivity contribution >= 4 is 15.7 Å². The third-order valence-electron chi connectivity index (χ3n) is 3.35. The van der Waals surface area contributed by atoms with Gasteiger partial charge in [0.1, 0.15) is 5.69 Å². The minimum Gasteiger partial charge on any atom is -0.347 e. The van der Waals surface area contributed by atoms with Gasteiger partial charge in [-0.3, -0.25) is 14.9 Å². The number of hydrogen-bond donors (Lipinski definition) is 2. The molecule has 1 aliphatic rings. The molecule has 2 aromatic heterocycles. The first kappa shape index (κ1) is 13.7. The van der Waals surface area contributed by atoms with Crippen molar-refractivity contribution in [2.24, 2.45) is 0 Å². The van der Waals surface area contributed by atoms with E-state index in [1.54, 1.807) is 24.5 Å². The van der Waals surface area contributed by atoms with E-state index in [4.69, 9.17) is 0 Å². The van der Waals surface area contributed by atoms with Crippen LogP contribution in [-0.4, -0.2) is 47.1 Å². The van der Waals surface area contributed by atoms with Crippen molar-refractivity contribution in [2.75, 3.05) is 11.5 Å². The first-order valence-electron chi connectivity index (χ1n) is 6.50. The predicted octanol–water partition coefficient (Wildman–Crippen LogP) is 0.389. The molecule has 1 atom stereocenters. The fourth-order valence-electron chi connectivity index (χ4n) is 2.27. The van der Waals surface area contributed by atoms with Gasteiger partial charge in [-0.1, -0.05) is 0 Å². The molecule has 0 aromatic carbocycles. The molecule has 0 spiro atoms. The Morgan fingerprint density at radius 2 is 2.29 bits per heavy atom. The number of sulfone groups is 1. The molecular formula is C13H14N4O3S. The second-order valence-electron chi connectivity index (χ2n) is 4.98. The lowest BCUT2D eigenvalue weighted by atomic mass is 10.2. The molecule has 2 aromatic rings. The number of H-pyrrole nitrogens is 1. The SMILES string of the molecule is O=C(NC1CCS(=O)(=O)C1)c1cc(-c2cccnc2)n[nH]1. The van der Waals surface area contributed by atoms with Crippen LogP contribution in [-0.2, 0) is 9.84 Å². The summed E-state index contributed by atoms with van der Waals surface area (Å²) < 4.78 is 22.7. The summed E-state index contributed by atoms with van der Waals surface area (Å²) in [6.45, 7) is 0. The monoisotopic (exact) mass is 306 g/mol. The Balaban J connectivity index is 1.70. The van der Waals surface area contributed by atoms with E-state index in [1.807, 2.05) is 6.07 Å². The highest BCUT2D eigenvalue weighted by atomic mass is 32.2. The molecule has 1 aliphatic heterocycles. The summed E-state index contributed by atoms with van der Waals surface area (Å²) in [7, 11) is -3.01. The van der Waals surface area contributed by atoms with E-state index in [2.05, 4.69) is 20.5 Å². The van der Waals surface area contributed by atoms with E-state index in [9.17, 15) is 13.2 Å². The number of pyridine rings is 1. The van der Waals surface area contributed by atoms with Crippen LogP contribution in [0, 0.1) is 0 Å². The number of rotatable bonds is 3. The number of nitrogens with zero attached hydrogens (tertiary/aromatic N) is 2. The number of carbonyl (C=O) groups is 1. The molecule has 1 unspecified atom stereocenters. The van der Waals surface area contributed by atoms with Crippen molar-refractivity contribution in [1.82, 2.24) is 20.5 Å². The number of nitrogens with one attached hydrogen (secondary N) is 2. The zero-order chi connectivity index (χ0) is 14.9. The average molecular weight is 306 g/mol. The van der Waals surface area contributed by atoms with E-state index in [0.717, 1.165) is 5.56 Å². The molecule has 3 heterocycles. The molecule has 0 saturated carbocycles. The lowest BCUT2D eigenvalue weighted by molar-refractivity contribution is 0.0936. The van der Waals surface area contributed by atoms with Gasteiger partial charge in [0.2, 0.25) is 0 Å². The smallest absolute Gasteiger partial charge is 0.269 e. The summed E-state index contributed by atoms with van der Waals surface area (Å²) in [5.74, 6) is -0.218. The highest BCUT2D eigenvalue weighted by Gasteiger charge is 2.29. The maximum absolute atomic E-state index is 12.1. The molecule has 2 N–H and O–H groups in total. The Kier molecular flexibility index (Phi) is 3.46. The quantitative estimate of drug-likeness (QED) is 0.853. The summed E-state index contributed by atoms with van der Waals surface area (Å²) >= 11 is 0. The van der Waals surface area contributed by atoms with Gasteiger partial charge in [-0.05, 0) is 24.6 Å². The minimum absolute atomic E-state index is 0.00232. The van der Waals surface area contributed by atoms with Crippen LogP contribution >= 0.6 is 0 Å². The van der Waals surface area contributed by atoms with Gasteiger partial charge in [-0.2, -0.15) is 5.10 Å². The van der Waals surface area contributed by atoms with Gasteiger partial charge in [0.25, 0.3) is 5.91 Å². The highest BCUT2D eigenvalue weighted by molar-refractivity contribution is 7.91. The highest BCUT2D eigenvalue weighted by Crippen LogP contribution is 2.16. The van der Waals surface area contributed by atoms with Crippen molar-refractivity contribution in [3.05, 3.63) is 36.3 Å². The van der Waals surface area contributed by atoms with Crippen LogP contribution in [0.15, 0.2) is 30.6 Å². The number of aromatic amines is 1.